The molecular formula is C11H13ClN2O2S. The number of benzene rings is 1. The molecule has 1 unspecified atom stereocenters. The van der Waals surface area contributed by atoms with Crippen LogP contribution in [0, 0.1) is 0 Å². The van der Waals surface area contributed by atoms with Gasteiger partial charge < -0.3 is 15.8 Å². The predicted molar refractivity (Wildman–Crippen MR) is 72.4 cm³/mol. The third-order valence-corrected chi connectivity index (χ3v) is 2.71. The van der Waals surface area contributed by atoms with Gasteiger partial charge in [0.05, 0.1) is 12.1 Å². The van der Waals surface area contributed by atoms with E-state index in [-0.39, 0.29) is 11.0 Å². The van der Waals surface area contributed by atoms with Crippen LogP contribution in [0.3, 0.4) is 0 Å². The van der Waals surface area contributed by atoms with Gasteiger partial charge in [0.25, 0.3) is 0 Å². The minimum absolute atomic E-state index is 0.238. The second kappa shape index (κ2) is 5.84. The van der Waals surface area contributed by atoms with E-state index < -0.39 is 6.04 Å². The van der Waals surface area contributed by atoms with E-state index in [1.807, 2.05) is 0 Å². The highest BCUT2D eigenvalue weighted by Gasteiger charge is 2.13. The number of carbonyl (C=O) groups excluding carboxylic acids is 1. The summed E-state index contributed by atoms with van der Waals surface area (Å²) in [4.78, 5) is 11.5. The van der Waals surface area contributed by atoms with E-state index in [0.717, 1.165) is 0 Å². The van der Waals surface area contributed by atoms with Crippen molar-refractivity contribution in [2.45, 2.75) is 13.0 Å². The van der Waals surface area contributed by atoms with Crippen LogP contribution in [0.2, 0.25) is 5.02 Å². The number of ether oxygens (including phenoxy) is 1. The smallest absolute Gasteiger partial charge is 0.327 e. The molecule has 3 N–H and O–H groups in total. The summed E-state index contributed by atoms with van der Waals surface area (Å²) in [5.74, 6) is -0.348. The number of thiocarbonyl (C=S) groups is 1. The molecule has 0 saturated heterocycles. The largest absolute Gasteiger partial charge is 0.467 e. The molecule has 0 radical (unpaired) electrons. The van der Waals surface area contributed by atoms with Crippen molar-refractivity contribution < 1.29 is 9.53 Å². The van der Waals surface area contributed by atoms with Crippen molar-refractivity contribution in [1.82, 2.24) is 0 Å². The summed E-state index contributed by atoms with van der Waals surface area (Å²) >= 11 is 10.8. The zero-order valence-electron chi connectivity index (χ0n) is 9.49. The lowest BCUT2D eigenvalue weighted by Crippen LogP contribution is -2.27. The van der Waals surface area contributed by atoms with Crippen molar-refractivity contribution >= 4 is 40.5 Å². The first-order valence-corrected chi connectivity index (χ1v) is 5.68. The molecule has 4 nitrogen and oxygen atoms in total. The monoisotopic (exact) mass is 272 g/mol. The summed E-state index contributed by atoms with van der Waals surface area (Å²) in [6.45, 7) is 1.70. The first kappa shape index (κ1) is 13.7. The third kappa shape index (κ3) is 3.57. The van der Waals surface area contributed by atoms with Gasteiger partial charge in [0, 0.05) is 11.3 Å². The van der Waals surface area contributed by atoms with E-state index in [9.17, 15) is 4.79 Å². The van der Waals surface area contributed by atoms with Crippen LogP contribution in [-0.2, 0) is 9.53 Å². The van der Waals surface area contributed by atoms with E-state index in [0.29, 0.717) is 16.3 Å². The van der Waals surface area contributed by atoms with E-state index in [4.69, 9.17) is 29.6 Å². The number of carbonyl (C=O) groups is 1. The van der Waals surface area contributed by atoms with Gasteiger partial charge in [-0.15, -0.1) is 0 Å². The van der Waals surface area contributed by atoms with Gasteiger partial charge in [0.2, 0.25) is 0 Å². The number of anilines is 1. The van der Waals surface area contributed by atoms with Crippen LogP contribution < -0.4 is 11.1 Å². The maximum Gasteiger partial charge on any atom is 0.327 e. The molecule has 0 aliphatic heterocycles. The van der Waals surface area contributed by atoms with Crippen LogP contribution in [0.25, 0.3) is 0 Å². The summed E-state index contributed by atoms with van der Waals surface area (Å²) < 4.78 is 4.60. The molecule has 1 rings (SSSR count). The molecule has 0 amide bonds. The number of nitrogens with two attached hydrogens (primary N) is 1. The van der Waals surface area contributed by atoms with Crippen LogP contribution in [0.5, 0.6) is 0 Å². The van der Waals surface area contributed by atoms with Crippen molar-refractivity contribution in [3.8, 4) is 0 Å². The highest BCUT2D eigenvalue weighted by molar-refractivity contribution is 7.80. The van der Waals surface area contributed by atoms with Gasteiger partial charge in [-0.05, 0) is 25.1 Å². The fourth-order valence-corrected chi connectivity index (χ4v) is 1.81. The molecule has 0 saturated carbocycles. The summed E-state index contributed by atoms with van der Waals surface area (Å²) in [5.41, 5.74) is 6.80. The fraction of sp³-hybridized carbons (Fsp3) is 0.273. The van der Waals surface area contributed by atoms with E-state index >= 15 is 0 Å². The van der Waals surface area contributed by atoms with Crippen LogP contribution in [0.4, 0.5) is 5.69 Å². The van der Waals surface area contributed by atoms with Gasteiger partial charge >= 0.3 is 5.97 Å². The van der Waals surface area contributed by atoms with E-state index in [1.165, 1.54) is 7.11 Å². The second-order valence-corrected chi connectivity index (χ2v) is 4.30. The molecular weight excluding hydrogens is 260 g/mol. The molecule has 0 aromatic heterocycles. The van der Waals surface area contributed by atoms with Crippen molar-refractivity contribution in [3.05, 3.63) is 28.8 Å². The standard InChI is InChI=1S/C11H13ClN2O2S/c1-6(11(15)16-2)14-7-3-4-8(10(13)17)9(12)5-7/h3-6,14H,1-2H3,(H2,13,17). The molecule has 0 aliphatic carbocycles. The van der Waals surface area contributed by atoms with Gasteiger partial charge in [0.15, 0.2) is 0 Å². The molecule has 92 valence electrons. The molecule has 0 heterocycles. The summed E-state index contributed by atoms with van der Waals surface area (Å²) in [7, 11) is 1.34. The van der Waals surface area contributed by atoms with Crippen LogP contribution in [0.1, 0.15) is 12.5 Å². The molecule has 17 heavy (non-hydrogen) atoms. The summed E-state index contributed by atoms with van der Waals surface area (Å²) in [6.07, 6.45) is 0. The lowest BCUT2D eigenvalue weighted by atomic mass is 10.2. The third-order valence-electron chi connectivity index (χ3n) is 2.17. The average molecular weight is 273 g/mol. The predicted octanol–water partition coefficient (Wildman–Crippen LogP) is 1.95. The fourth-order valence-electron chi connectivity index (χ4n) is 1.29. The Morgan fingerprint density at radius 1 is 1.59 bits per heavy atom. The molecule has 6 heteroatoms. The van der Waals surface area contributed by atoms with Crippen LogP contribution >= 0.6 is 23.8 Å². The Labute approximate surface area is 110 Å². The van der Waals surface area contributed by atoms with Gasteiger partial charge in [-0.25, -0.2) is 4.79 Å². The number of hydrogen-bond donors (Lipinski definition) is 2. The van der Waals surface area contributed by atoms with E-state index in [2.05, 4.69) is 10.1 Å². The number of rotatable bonds is 4. The first-order chi connectivity index (χ1) is 7.95. The Hall–Kier alpha value is -1.33. The minimum atomic E-state index is -0.452. The van der Waals surface area contributed by atoms with Crippen LogP contribution in [0.15, 0.2) is 18.2 Å². The molecule has 1 aromatic rings. The molecule has 1 atom stereocenters. The number of hydrogen-bond acceptors (Lipinski definition) is 4. The lowest BCUT2D eigenvalue weighted by molar-refractivity contribution is -0.141. The maximum atomic E-state index is 11.2. The Balaban J connectivity index is 2.84. The molecule has 1 aromatic carbocycles. The number of halogens is 1. The van der Waals surface area contributed by atoms with Crippen molar-refractivity contribution in [2.75, 3.05) is 12.4 Å². The van der Waals surface area contributed by atoms with Gasteiger partial charge in [0.1, 0.15) is 11.0 Å². The zero-order valence-corrected chi connectivity index (χ0v) is 11.1. The Morgan fingerprint density at radius 2 is 2.24 bits per heavy atom. The van der Waals surface area contributed by atoms with Gasteiger partial charge in [-0.1, -0.05) is 23.8 Å². The number of nitrogens with one attached hydrogen (secondary N) is 1. The SMILES string of the molecule is COC(=O)C(C)Nc1ccc(C(N)=S)c(Cl)c1. The number of esters is 1. The topological polar surface area (TPSA) is 64.3 Å². The first-order valence-electron chi connectivity index (χ1n) is 4.89. The zero-order chi connectivity index (χ0) is 13.0. The average Bonchev–Trinajstić information content (AvgIpc) is 2.27. The van der Waals surface area contributed by atoms with Gasteiger partial charge in [-0.2, -0.15) is 0 Å². The quantitative estimate of drug-likeness (QED) is 0.648. The van der Waals surface area contributed by atoms with Crippen LogP contribution in [-0.4, -0.2) is 24.1 Å². The Kier molecular flexibility index (Phi) is 4.72. The summed E-state index contributed by atoms with van der Waals surface area (Å²) in [6, 6.07) is 4.67. The molecule has 0 aliphatic rings. The lowest BCUT2D eigenvalue weighted by Gasteiger charge is -2.13. The van der Waals surface area contributed by atoms with Crippen molar-refractivity contribution in [2.24, 2.45) is 5.73 Å². The highest BCUT2D eigenvalue weighted by atomic mass is 35.5. The van der Waals surface area contributed by atoms with Gasteiger partial charge in [-0.3, -0.25) is 0 Å². The molecule has 0 bridgehead atoms. The highest BCUT2D eigenvalue weighted by Crippen LogP contribution is 2.21. The second-order valence-electron chi connectivity index (χ2n) is 3.45. The Morgan fingerprint density at radius 3 is 2.71 bits per heavy atom. The summed E-state index contributed by atoms with van der Waals surface area (Å²) in [5, 5.41) is 3.40. The van der Waals surface area contributed by atoms with Crippen molar-refractivity contribution in [1.29, 1.82) is 0 Å². The van der Waals surface area contributed by atoms with E-state index in [1.54, 1.807) is 25.1 Å². The normalized spacial score (nSPS) is 11.7. The molecule has 0 fully saturated rings. The minimum Gasteiger partial charge on any atom is -0.467 e. The Bertz CT molecular complexity index is 451. The maximum absolute atomic E-state index is 11.2. The number of methoxy groups -OCH3 is 1. The van der Waals surface area contributed by atoms with Crippen molar-refractivity contribution in [3.63, 3.8) is 0 Å². The molecule has 0 spiro atoms.